The number of aryl methyl sites for hydroxylation is 1. The van der Waals surface area contributed by atoms with Gasteiger partial charge >= 0.3 is 0 Å². The standard InChI is InChI=1S/C24H21N5O2/c30-22-5-1-4-19(16-22)6-7-20-17-21(8-9-23(20)29-14-3-11-27-29)24(31)26-10-2-13-28-15-12-25-18-28/h1,3-5,8-9,11-12,14-18,30H,2,10,13H2,(H,26,31). The SMILES string of the molecule is O=C(NCCCn1ccnc1)c1ccc(-n2cccn2)c(C#Cc2cccc(O)c2)c1. The van der Waals surface area contributed by atoms with Gasteiger partial charge in [0.15, 0.2) is 0 Å². The molecule has 0 bridgehead atoms. The highest BCUT2D eigenvalue weighted by atomic mass is 16.3. The fraction of sp³-hybridized carbons (Fsp3) is 0.125. The number of benzene rings is 2. The van der Waals surface area contributed by atoms with Gasteiger partial charge in [-0.3, -0.25) is 4.79 Å². The molecule has 0 saturated carbocycles. The second kappa shape index (κ2) is 9.46. The minimum atomic E-state index is -0.155. The first-order valence-electron chi connectivity index (χ1n) is 9.88. The summed E-state index contributed by atoms with van der Waals surface area (Å²) >= 11 is 0. The third-order valence-corrected chi connectivity index (χ3v) is 4.64. The molecule has 0 fully saturated rings. The topological polar surface area (TPSA) is 85.0 Å². The van der Waals surface area contributed by atoms with Gasteiger partial charge in [0, 0.05) is 49.0 Å². The highest BCUT2D eigenvalue weighted by Crippen LogP contribution is 2.16. The molecule has 2 aromatic heterocycles. The molecule has 0 unspecified atom stereocenters. The lowest BCUT2D eigenvalue weighted by atomic mass is 10.1. The smallest absolute Gasteiger partial charge is 0.251 e. The number of phenols is 1. The van der Waals surface area contributed by atoms with E-state index in [9.17, 15) is 9.90 Å². The Morgan fingerprint density at radius 1 is 1.06 bits per heavy atom. The minimum Gasteiger partial charge on any atom is -0.508 e. The molecule has 2 heterocycles. The maximum absolute atomic E-state index is 12.6. The van der Waals surface area contributed by atoms with E-state index in [1.54, 1.807) is 53.7 Å². The predicted molar refractivity (Wildman–Crippen MR) is 117 cm³/mol. The molecular weight excluding hydrogens is 390 g/mol. The number of hydrogen-bond donors (Lipinski definition) is 2. The number of hydrogen-bond acceptors (Lipinski definition) is 4. The Kier molecular flexibility index (Phi) is 6.10. The van der Waals surface area contributed by atoms with Gasteiger partial charge in [0.2, 0.25) is 0 Å². The first-order valence-corrected chi connectivity index (χ1v) is 9.88. The van der Waals surface area contributed by atoms with Crippen molar-refractivity contribution in [2.45, 2.75) is 13.0 Å². The minimum absolute atomic E-state index is 0.155. The van der Waals surface area contributed by atoms with Crippen LogP contribution in [0.2, 0.25) is 0 Å². The molecule has 4 aromatic rings. The Bertz CT molecular complexity index is 1220. The van der Waals surface area contributed by atoms with Gasteiger partial charge in [-0.15, -0.1) is 0 Å². The largest absolute Gasteiger partial charge is 0.508 e. The fourth-order valence-electron chi connectivity index (χ4n) is 3.10. The van der Waals surface area contributed by atoms with Crippen LogP contribution in [0.3, 0.4) is 0 Å². The van der Waals surface area contributed by atoms with Crippen LogP contribution in [-0.2, 0) is 6.54 Å². The molecule has 0 aliphatic rings. The molecule has 31 heavy (non-hydrogen) atoms. The number of nitrogens with zero attached hydrogens (tertiary/aromatic N) is 4. The molecular formula is C24H21N5O2. The molecule has 0 atom stereocenters. The summed E-state index contributed by atoms with van der Waals surface area (Å²) in [5.41, 5.74) is 2.65. The molecule has 0 saturated heterocycles. The number of imidazole rings is 1. The van der Waals surface area contributed by atoms with E-state index >= 15 is 0 Å². The van der Waals surface area contributed by atoms with Crippen LogP contribution in [0, 0.1) is 11.8 Å². The molecule has 1 amide bonds. The second-order valence-corrected chi connectivity index (χ2v) is 6.89. The van der Waals surface area contributed by atoms with Crippen LogP contribution in [0.5, 0.6) is 5.75 Å². The quantitative estimate of drug-likeness (QED) is 0.377. The van der Waals surface area contributed by atoms with Crippen molar-refractivity contribution in [1.82, 2.24) is 24.6 Å². The maximum Gasteiger partial charge on any atom is 0.251 e. The number of carbonyl (C=O) groups excluding carboxylic acids is 1. The van der Waals surface area contributed by atoms with Gasteiger partial charge in [0.25, 0.3) is 5.91 Å². The van der Waals surface area contributed by atoms with Crippen molar-refractivity contribution in [3.63, 3.8) is 0 Å². The summed E-state index contributed by atoms with van der Waals surface area (Å²) in [5, 5.41) is 16.9. The summed E-state index contributed by atoms with van der Waals surface area (Å²) in [6.45, 7) is 1.35. The van der Waals surface area contributed by atoms with Crippen LogP contribution >= 0.6 is 0 Å². The number of aromatic hydroxyl groups is 1. The monoisotopic (exact) mass is 411 g/mol. The van der Waals surface area contributed by atoms with Crippen LogP contribution in [0.25, 0.3) is 5.69 Å². The Labute approximate surface area is 180 Å². The molecule has 4 rings (SSSR count). The molecule has 0 spiro atoms. The zero-order chi connectivity index (χ0) is 21.5. The van der Waals surface area contributed by atoms with Crippen molar-refractivity contribution in [2.24, 2.45) is 0 Å². The van der Waals surface area contributed by atoms with Crippen molar-refractivity contribution in [2.75, 3.05) is 6.54 Å². The maximum atomic E-state index is 12.6. The predicted octanol–water partition coefficient (Wildman–Crippen LogP) is 2.99. The van der Waals surface area contributed by atoms with E-state index < -0.39 is 0 Å². The van der Waals surface area contributed by atoms with E-state index in [2.05, 4.69) is 27.2 Å². The van der Waals surface area contributed by atoms with Gasteiger partial charge in [0.05, 0.1) is 17.6 Å². The number of rotatable bonds is 6. The average Bonchev–Trinajstić information content (AvgIpc) is 3.49. The Balaban J connectivity index is 1.52. The Morgan fingerprint density at radius 2 is 2.00 bits per heavy atom. The van der Waals surface area contributed by atoms with Crippen LogP contribution in [0.4, 0.5) is 0 Å². The molecule has 0 radical (unpaired) electrons. The van der Waals surface area contributed by atoms with E-state index in [-0.39, 0.29) is 11.7 Å². The molecule has 7 heteroatoms. The zero-order valence-corrected chi connectivity index (χ0v) is 16.8. The lowest BCUT2D eigenvalue weighted by Crippen LogP contribution is -2.25. The van der Waals surface area contributed by atoms with Crippen LogP contribution < -0.4 is 5.32 Å². The Morgan fingerprint density at radius 3 is 2.77 bits per heavy atom. The van der Waals surface area contributed by atoms with Gasteiger partial charge in [0.1, 0.15) is 5.75 Å². The Hall–Kier alpha value is -4.31. The normalized spacial score (nSPS) is 10.3. The van der Waals surface area contributed by atoms with Crippen LogP contribution in [0.1, 0.15) is 27.9 Å². The number of nitrogens with one attached hydrogen (secondary N) is 1. The molecule has 7 nitrogen and oxygen atoms in total. The third-order valence-electron chi connectivity index (χ3n) is 4.64. The van der Waals surface area contributed by atoms with Gasteiger partial charge in [-0.05, 0) is 48.9 Å². The lowest BCUT2D eigenvalue weighted by molar-refractivity contribution is 0.0952. The van der Waals surface area contributed by atoms with Crippen molar-refractivity contribution in [3.8, 4) is 23.3 Å². The number of amides is 1. The van der Waals surface area contributed by atoms with E-state index in [1.165, 1.54) is 0 Å². The summed E-state index contributed by atoms with van der Waals surface area (Å²) in [4.78, 5) is 16.6. The first kappa shape index (κ1) is 20.0. The molecule has 0 aliphatic heterocycles. The van der Waals surface area contributed by atoms with Crippen LogP contribution in [0.15, 0.2) is 79.6 Å². The molecule has 2 N–H and O–H groups in total. The third kappa shape index (κ3) is 5.19. The van der Waals surface area contributed by atoms with E-state index in [1.807, 2.05) is 35.2 Å². The van der Waals surface area contributed by atoms with Gasteiger partial charge in [-0.1, -0.05) is 17.9 Å². The second-order valence-electron chi connectivity index (χ2n) is 6.89. The van der Waals surface area contributed by atoms with Crippen LogP contribution in [-0.4, -0.2) is 36.9 Å². The van der Waals surface area contributed by atoms with Crippen molar-refractivity contribution >= 4 is 5.91 Å². The summed E-state index contributed by atoms with van der Waals surface area (Å²) < 4.78 is 3.68. The van der Waals surface area contributed by atoms with Crippen molar-refractivity contribution in [1.29, 1.82) is 0 Å². The summed E-state index contributed by atoms with van der Waals surface area (Å²) in [7, 11) is 0. The lowest BCUT2D eigenvalue weighted by Gasteiger charge is -2.09. The van der Waals surface area contributed by atoms with Gasteiger partial charge in [-0.2, -0.15) is 5.10 Å². The van der Waals surface area contributed by atoms with Gasteiger partial charge in [-0.25, -0.2) is 9.67 Å². The average molecular weight is 411 g/mol. The van der Waals surface area contributed by atoms with E-state index in [0.717, 1.165) is 18.7 Å². The van der Waals surface area contributed by atoms with E-state index in [0.29, 0.717) is 23.2 Å². The highest BCUT2D eigenvalue weighted by molar-refractivity contribution is 5.95. The van der Waals surface area contributed by atoms with Gasteiger partial charge < -0.3 is 15.0 Å². The molecule has 0 aliphatic carbocycles. The number of phenolic OH excluding ortho intramolecular Hbond substituents is 1. The fourth-order valence-corrected chi connectivity index (χ4v) is 3.10. The summed E-state index contributed by atoms with van der Waals surface area (Å²) in [6.07, 6.45) is 9.70. The number of aromatic nitrogens is 4. The zero-order valence-electron chi connectivity index (χ0n) is 16.8. The summed E-state index contributed by atoms with van der Waals surface area (Å²) in [5.74, 6) is 6.16. The molecule has 154 valence electrons. The van der Waals surface area contributed by atoms with Crippen molar-refractivity contribution in [3.05, 3.63) is 96.3 Å². The molecule has 2 aromatic carbocycles. The first-order chi connectivity index (χ1) is 15.2. The van der Waals surface area contributed by atoms with Crippen molar-refractivity contribution < 1.29 is 9.90 Å². The van der Waals surface area contributed by atoms with E-state index in [4.69, 9.17) is 0 Å². The summed E-state index contributed by atoms with van der Waals surface area (Å²) in [6, 6.07) is 13.9. The number of carbonyl (C=O) groups is 1. The highest BCUT2D eigenvalue weighted by Gasteiger charge is 2.10.